The summed E-state index contributed by atoms with van der Waals surface area (Å²) in [6, 6.07) is 1.11. The van der Waals surface area contributed by atoms with Gasteiger partial charge in [-0.2, -0.15) is 4.98 Å². The number of aromatic nitrogens is 1. The second-order valence-electron chi connectivity index (χ2n) is 2.38. The molecule has 0 N–H and O–H groups in total. The molecular formula is C8H8ClF2NO2. The number of hydrogen-bond acceptors (Lipinski definition) is 3. The number of rotatable bonds is 3. The Bertz CT molecular complexity index is 333. The zero-order valence-electron chi connectivity index (χ0n) is 7.55. The van der Waals surface area contributed by atoms with Crippen LogP contribution in [0.15, 0.2) is 6.07 Å². The molecule has 0 saturated heterocycles. The first-order valence-corrected chi connectivity index (χ1v) is 4.04. The molecule has 0 fully saturated rings. The molecule has 1 heterocycles. The Morgan fingerprint density at radius 1 is 1.36 bits per heavy atom. The van der Waals surface area contributed by atoms with E-state index < -0.39 is 6.43 Å². The smallest absolute Gasteiger partial charge is 0.269 e. The molecular weight excluding hydrogens is 216 g/mol. The summed E-state index contributed by atoms with van der Waals surface area (Å²) in [5.41, 5.74) is -0.339. The lowest BCUT2D eigenvalue weighted by molar-refractivity contribution is 0.145. The van der Waals surface area contributed by atoms with E-state index >= 15 is 0 Å². The van der Waals surface area contributed by atoms with Gasteiger partial charge in [0.2, 0.25) is 5.88 Å². The Labute approximate surface area is 84.6 Å². The Morgan fingerprint density at radius 3 is 2.43 bits per heavy atom. The van der Waals surface area contributed by atoms with Crippen molar-refractivity contribution in [1.29, 1.82) is 0 Å². The van der Waals surface area contributed by atoms with E-state index in [0.717, 1.165) is 6.07 Å². The molecule has 3 nitrogen and oxygen atoms in total. The molecule has 0 atom stereocenters. The van der Waals surface area contributed by atoms with Crippen LogP contribution in [0.5, 0.6) is 11.6 Å². The van der Waals surface area contributed by atoms with Crippen LogP contribution in [0.2, 0.25) is 5.15 Å². The molecule has 0 bridgehead atoms. The van der Waals surface area contributed by atoms with Gasteiger partial charge in [0.25, 0.3) is 6.43 Å². The van der Waals surface area contributed by atoms with Gasteiger partial charge in [0.15, 0.2) is 10.9 Å². The SMILES string of the molecule is COc1cc(C(F)F)c(OC)nc1Cl. The van der Waals surface area contributed by atoms with Crippen LogP contribution in [-0.2, 0) is 0 Å². The second-order valence-corrected chi connectivity index (χ2v) is 2.74. The highest BCUT2D eigenvalue weighted by Crippen LogP contribution is 2.34. The summed E-state index contributed by atoms with van der Waals surface area (Å²) in [6.45, 7) is 0. The molecule has 0 radical (unpaired) electrons. The highest BCUT2D eigenvalue weighted by molar-refractivity contribution is 6.30. The van der Waals surface area contributed by atoms with Crippen LogP contribution in [0.3, 0.4) is 0 Å². The molecule has 0 spiro atoms. The number of nitrogens with zero attached hydrogens (tertiary/aromatic N) is 1. The van der Waals surface area contributed by atoms with Gasteiger partial charge in [0.05, 0.1) is 19.8 Å². The molecule has 1 aromatic heterocycles. The number of alkyl halides is 2. The zero-order chi connectivity index (χ0) is 10.7. The van der Waals surface area contributed by atoms with Crippen molar-refractivity contribution in [3.05, 3.63) is 16.8 Å². The van der Waals surface area contributed by atoms with Gasteiger partial charge in [-0.15, -0.1) is 0 Å². The van der Waals surface area contributed by atoms with Crippen LogP contribution in [0.4, 0.5) is 8.78 Å². The van der Waals surface area contributed by atoms with Crippen molar-refractivity contribution in [1.82, 2.24) is 4.98 Å². The Morgan fingerprint density at radius 2 is 2.00 bits per heavy atom. The van der Waals surface area contributed by atoms with Gasteiger partial charge in [-0.1, -0.05) is 11.6 Å². The lowest BCUT2D eigenvalue weighted by atomic mass is 10.2. The van der Waals surface area contributed by atoms with Gasteiger partial charge in [-0.25, -0.2) is 8.78 Å². The van der Waals surface area contributed by atoms with Gasteiger partial charge < -0.3 is 9.47 Å². The summed E-state index contributed by atoms with van der Waals surface area (Å²) in [4.78, 5) is 3.62. The van der Waals surface area contributed by atoms with E-state index in [1.807, 2.05) is 0 Å². The molecule has 6 heteroatoms. The van der Waals surface area contributed by atoms with Gasteiger partial charge in [-0.3, -0.25) is 0 Å². The average Bonchev–Trinajstić information content (AvgIpc) is 2.16. The number of ether oxygens (including phenoxy) is 2. The minimum Gasteiger partial charge on any atom is -0.494 e. The van der Waals surface area contributed by atoms with Gasteiger partial charge in [-0.05, 0) is 6.07 Å². The molecule has 1 rings (SSSR count). The van der Waals surface area contributed by atoms with Crippen LogP contribution >= 0.6 is 11.6 Å². The fourth-order valence-corrected chi connectivity index (χ4v) is 1.14. The molecule has 0 aromatic carbocycles. The maximum Gasteiger partial charge on any atom is 0.269 e. The van der Waals surface area contributed by atoms with Crippen LogP contribution < -0.4 is 9.47 Å². The first-order chi connectivity index (χ1) is 6.60. The standard InChI is InChI=1S/C8H8ClF2NO2/c1-13-5-3-4(7(10)11)8(14-2)12-6(5)9/h3,7H,1-2H3. The van der Waals surface area contributed by atoms with E-state index in [1.165, 1.54) is 14.2 Å². The highest BCUT2D eigenvalue weighted by atomic mass is 35.5. The van der Waals surface area contributed by atoms with Gasteiger partial charge in [0.1, 0.15) is 0 Å². The average molecular weight is 224 g/mol. The predicted octanol–water partition coefficient (Wildman–Crippen LogP) is 2.69. The third-order valence-corrected chi connectivity index (χ3v) is 1.86. The Balaban J connectivity index is 3.25. The third-order valence-electron chi connectivity index (χ3n) is 1.58. The van der Waals surface area contributed by atoms with Crippen molar-refractivity contribution in [2.45, 2.75) is 6.43 Å². The normalized spacial score (nSPS) is 10.4. The van der Waals surface area contributed by atoms with Crippen LogP contribution in [-0.4, -0.2) is 19.2 Å². The molecule has 14 heavy (non-hydrogen) atoms. The lowest BCUT2D eigenvalue weighted by Gasteiger charge is -2.09. The highest BCUT2D eigenvalue weighted by Gasteiger charge is 2.18. The van der Waals surface area contributed by atoms with Crippen molar-refractivity contribution in [3.8, 4) is 11.6 Å². The molecule has 0 aliphatic heterocycles. The third kappa shape index (κ3) is 2.04. The lowest BCUT2D eigenvalue weighted by Crippen LogP contribution is -1.98. The van der Waals surface area contributed by atoms with E-state index in [-0.39, 0.29) is 22.3 Å². The molecule has 0 amide bonds. The topological polar surface area (TPSA) is 31.4 Å². The van der Waals surface area contributed by atoms with E-state index in [9.17, 15) is 8.78 Å². The molecule has 0 aliphatic rings. The van der Waals surface area contributed by atoms with Gasteiger partial charge >= 0.3 is 0 Å². The molecule has 0 unspecified atom stereocenters. The van der Waals surface area contributed by atoms with Crippen LogP contribution in [0, 0.1) is 0 Å². The molecule has 78 valence electrons. The number of methoxy groups -OCH3 is 2. The summed E-state index contributed by atoms with van der Waals surface area (Å²) in [7, 11) is 2.57. The first-order valence-electron chi connectivity index (χ1n) is 3.66. The van der Waals surface area contributed by atoms with Crippen LogP contribution in [0.1, 0.15) is 12.0 Å². The summed E-state index contributed by atoms with van der Waals surface area (Å²) >= 11 is 5.62. The molecule has 0 aliphatic carbocycles. The van der Waals surface area contributed by atoms with Crippen molar-refractivity contribution >= 4 is 11.6 Å². The predicted molar refractivity (Wildman–Crippen MR) is 47.3 cm³/mol. The number of halogens is 3. The maximum atomic E-state index is 12.4. The van der Waals surface area contributed by atoms with E-state index in [1.54, 1.807) is 0 Å². The minimum atomic E-state index is -2.68. The fourth-order valence-electron chi connectivity index (χ4n) is 0.934. The Kier molecular flexibility index (Phi) is 3.46. The summed E-state index contributed by atoms with van der Waals surface area (Å²) < 4.78 is 34.3. The van der Waals surface area contributed by atoms with E-state index in [4.69, 9.17) is 16.3 Å². The minimum absolute atomic E-state index is 0.00579. The van der Waals surface area contributed by atoms with Crippen molar-refractivity contribution < 1.29 is 18.3 Å². The largest absolute Gasteiger partial charge is 0.494 e. The van der Waals surface area contributed by atoms with E-state index in [0.29, 0.717) is 0 Å². The number of pyridine rings is 1. The maximum absolute atomic E-state index is 12.4. The van der Waals surface area contributed by atoms with Crippen molar-refractivity contribution in [3.63, 3.8) is 0 Å². The zero-order valence-corrected chi connectivity index (χ0v) is 8.31. The second kappa shape index (κ2) is 4.41. The summed E-state index contributed by atoms with van der Waals surface area (Å²) in [5, 5.41) is -0.00579. The number of hydrogen-bond donors (Lipinski definition) is 0. The molecule has 0 saturated carbocycles. The first kappa shape index (κ1) is 11.0. The quantitative estimate of drug-likeness (QED) is 0.739. The van der Waals surface area contributed by atoms with Crippen molar-refractivity contribution in [2.75, 3.05) is 14.2 Å². The Hall–Kier alpha value is -1.10. The monoisotopic (exact) mass is 223 g/mol. The van der Waals surface area contributed by atoms with Crippen molar-refractivity contribution in [2.24, 2.45) is 0 Å². The van der Waals surface area contributed by atoms with Gasteiger partial charge in [0, 0.05) is 0 Å². The summed E-state index contributed by atoms with van der Waals surface area (Å²) in [6.07, 6.45) is -2.68. The summed E-state index contributed by atoms with van der Waals surface area (Å²) in [5.74, 6) is -0.0893. The fraction of sp³-hybridized carbons (Fsp3) is 0.375. The molecule has 1 aromatic rings. The van der Waals surface area contributed by atoms with Crippen LogP contribution in [0.25, 0.3) is 0 Å². The van der Waals surface area contributed by atoms with E-state index in [2.05, 4.69) is 9.72 Å².